The minimum Gasteiger partial charge on any atom is -0.370 e. The topological polar surface area (TPSA) is 18.5 Å². The van der Waals surface area contributed by atoms with Crippen molar-refractivity contribution in [1.82, 2.24) is 10.2 Å². The SMILES string of the molecule is CCNCc1ccc(N2CC(C)C(N(C)C)C2)cc1Cl. The molecular formula is C16H26ClN3. The lowest BCUT2D eigenvalue weighted by molar-refractivity contribution is 0.266. The van der Waals surface area contributed by atoms with Gasteiger partial charge < -0.3 is 15.1 Å². The van der Waals surface area contributed by atoms with Crippen molar-refractivity contribution in [3.63, 3.8) is 0 Å². The first-order valence-corrected chi connectivity index (χ1v) is 7.81. The molecule has 2 unspecified atom stereocenters. The summed E-state index contributed by atoms with van der Waals surface area (Å²) in [5, 5.41) is 4.18. The maximum atomic E-state index is 6.40. The van der Waals surface area contributed by atoms with E-state index in [1.165, 1.54) is 11.3 Å². The van der Waals surface area contributed by atoms with Crippen LogP contribution in [0.2, 0.25) is 5.02 Å². The molecule has 0 radical (unpaired) electrons. The molecule has 1 aromatic carbocycles. The second kappa shape index (κ2) is 6.79. The summed E-state index contributed by atoms with van der Waals surface area (Å²) in [7, 11) is 4.33. The van der Waals surface area contributed by atoms with Crippen LogP contribution in [-0.2, 0) is 6.54 Å². The van der Waals surface area contributed by atoms with Crippen LogP contribution in [0.4, 0.5) is 5.69 Å². The molecule has 20 heavy (non-hydrogen) atoms. The number of hydrogen-bond donors (Lipinski definition) is 1. The summed E-state index contributed by atoms with van der Waals surface area (Å²) >= 11 is 6.40. The zero-order chi connectivity index (χ0) is 14.7. The Balaban J connectivity index is 2.09. The molecule has 3 nitrogen and oxygen atoms in total. The first-order chi connectivity index (χ1) is 9.52. The Morgan fingerprint density at radius 3 is 2.65 bits per heavy atom. The summed E-state index contributed by atoms with van der Waals surface area (Å²) in [5.74, 6) is 0.685. The lowest BCUT2D eigenvalue weighted by atomic mass is 10.1. The smallest absolute Gasteiger partial charge is 0.0471 e. The minimum absolute atomic E-state index is 0.621. The number of anilines is 1. The molecule has 0 saturated carbocycles. The molecular weight excluding hydrogens is 270 g/mol. The molecule has 1 fully saturated rings. The molecule has 1 saturated heterocycles. The van der Waals surface area contributed by atoms with E-state index in [9.17, 15) is 0 Å². The Morgan fingerprint density at radius 2 is 2.10 bits per heavy atom. The lowest BCUT2D eigenvalue weighted by Crippen LogP contribution is -2.34. The van der Waals surface area contributed by atoms with Crippen LogP contribution in [0.1, 0.15) is 19.4 Å². The quantitative estimate of drug-likeness (QED) is 0.901. The van der Waals surface area contributed by atoms with Crippen LogP contribution in [0.25, 0.3) is 0 Å². The monoisotopic (exact) mass is 295 g/mol. The van der Waals surface area contributed by atoms with E-state index in [1.54, 1.807) is 0 Å². The van der Waals surface area contributed by atoms with E-state index in [-0.39, 0.29) is 0 Å². The van der Waals surface area contributed by atoms with Gasteiger partial charge in [0.1, 0.15) is 0 Å². The fourth-order valence-electron chi connectivity index (χ4n) is 2.97. The normalized spacial score (nSPS) is 22.8. The third kappa shape index (κ3) is 3.46. The number of halogens is 1. The molecule has 1 aliphatic rings. The molecule has 2 rings (SSSR count). The molecule has 0 bridgehead atoms. The van der Waals surface area contributed by atoms with Crippen LogP contribution >= 0.6 is 11.6 Å². The molecule has 0 aliphatic carbocycles. The van der Waals surface area contributed by atoms with Gasteiger partial charge >= 0.3 is 0 Å². The van der Waals surface area contributed by atoms with Gasteiger partial charge in [-0.25, -0.2) is 0 Å². The first kappa shape index (κ1) is 15.6. The summed E-state index contributed by atoms with van der Waals surface area (Å²) in [6.07, 6.45) is 0. The van der Waals surface area contributed by atoms with E-state index in [0.717, 1.165) is 31.2 Å². The van der Waals surface area contributed by atoms with Crippen LogP contribution in [0, 0.1) is 5.92 Å². The highest BCUT2D eigenvalue weighted by Gasteiger charge is 2.31. The highest BCUT2D eigenvalue weighted by Crippen LogP contribution is 2.29. The van der Waals surface area contributed by atoms with Gasteiger partial charge in [-0.1, -0.05) is 31.5 Å². The van der Waals surface area contributed by atoms with Gasteiger partial charge in [0.15, 0.2) is 0 Å². The Kier molecular flexibility index (Phi) is 5.30. The number of nitrogens with zero attached hydrogens (tertiary/aromatic N) is 2. The third-order valence-electron chi connectivity index (χ3n) is 4.20. The molecule has 1 heterocycles. The molecule has 4 heteroatoms. The zero-order valence-corrected chi connectivity index (χ0v) is 13.7. The summed E-state index contributed by atoms with van der Waals surface area (Å²) in [4.78, 5) is 4.77. The fraction of sp³-hybridized carbons (Fsp3) is 0.625. The summed E-state index contributed by atoms with van der Waals surface area (Å²) in [5.41, 5.74) is 2.42. The summed E-state index contributed by atoms with van der Waals surface area (Å²) in [6, 6.07) is 7.08. The van der Waals surface area contributed by atoms with Gasteiger partial charge in [0.2, 0.25) is 0 Å². The van der Waals surface area contributed by atoms with Crippen LogP contribution in [0.3, 0.4) is 0 Å². The maximum absolute atomic E-state index is 6.40. The number of nitrogens with one attached hydrogen (secondary N) is 1. The average molecular weight is 296 g/mol. The second-order valence-corrected chi connectivity index (χ2v) is 6.38. The van der Waals surface area contributed by atoms with Crippen molar-refractivity contribution in [2.24, 2.45) is 5.92 Å². The number of hydrogen-bond acceptors (Lipinski definition) is 3. The highest BCUT2D eigenvalue weighted by molar-refractivity contribution is 6.31. The van der Waals surface area contributed by atoms with Gasteiger partial charge in [0, 0.05) is 36.4 Å². The van der Waals surface area contributed by atoms with Crippen molar-refractivity contribution >= 4 is 17.3 Å². The van der Waals surface area contributed by atoms with Gasteiger partial charge in [0.05, 0.1) is 0 Å². The van der Waals surface area contributed by atoms with E-state index >= 15 is 0 Å². The van der Waals surface area contributed by atoms with Gasteiger partial charge in [-0.15, -0.1) is 0 Å². The van der Waals surface area contributed by atoms with E-state index in [2.05, 4.69) is 61.3 Å². The van der Waals surface area contributed by atoms with Crippen LogP contribution in [-0.4, -0.2) is 44.7 Å². The van der Waals surface area contributed by atoms with E-state index in [0.29, 0.717) is 12.0 Å². The predicted molar refractivity (Wildman–Crippen MR) is 87.7 cm³/mol. The summed E-state index contributed by atoms with van der Waals surface area (Å²) < 4.78 is 0. The number of rotatable bonds is 5. The van der Waals surface area contributed by atoms with Crippen molar-refractivity contribution in [2.75, 3.05) is 38.6 Å². The standard InChI is InChI=1S/C16H26ClN3/c1-5-18-9-13-6-7-14(8-15(13)17)20-10-12(2)16(11-20)19(3)4/h6-8,12,16,18H,5,9-11H2,1-4H3. The summed E-state index contributed by atoms with van der Waals surface area (Å²) in [6.45, 7) is 8.42. The molecule has 112 valence electrons. The van der Waals surface area contributed by atoms with E-state index in [4.69, 9.17) is 11.6 Å². The molecule has 1 aliphatic heterocycles. The third-order valence-corrected chi connectivity index (χ3v) is 4.56. The maximum Gasteiger partial charge on any atom is 0.0471 e. The second-order valence-electron chi connectivity index (χ2n) is 5.97. The average Bonchev–Trinajstić information content (AvgIpc) is 2.79. The molecule has 2 atom stereocenters. The number of likely N-dealkylation sites (N-methyl/N-ethyl adjacent to an activating group) is 1. The van der Waals surface area contributed by atoms with Crippen molar-refractivity contribution in [2.45, 2.75) is 26.4 Å². The Morgan fingerprint density at radius 1 is 1.35 bits per heavy atom. The number of benzene rings is 1. The lowest BCUT2D eigenvalue weighted by Gasteiger charge is -2.23. The molecule has 1 aromatic rings. The van der Waals surface area contributed by atoms with Crippen molar-refractivity contribution in [3.8, 4) is 0 Å². The highest BCUT2D eigenvalue weighted by atomic mass is 35.5. The van der Waals surface area contributed by atoms with Gasteiger partial charge in [-0.05, 0) is 44.3 Å². The molecule has 0 amide bonds. The van der Waals surface area contributed by atoms with Crippen LogP contribution < -0.4 is 10.2 Å². The predicted octanol–water partition coefficient (Wildman–Crippen LogP) is 2.84. The molecule has 1 N–H and O–H groups in total. The zero-order valence-electron chi connectivity index (χ0n) is 13.0. The Labute approximate surface area is 127 Å². The Hall–Kier alpha value is -0.770. The van der Waals surface area contributed by atoms with Gasteiger partial charge in [0.25, 0.3) is 0 Å². The van der Waals surface area contributed by atoms with Crippen molar-refractivity contribution in [1.29, 1.82) is 0 Å². The first-order valence-electron chi connectivity index (χ1n) is 7.43. The molecule has 0 spiro atoms. The van der Waals surface area contributed by atoms with Crippen LogP contribution in [0.15, 0.2) is 18.2 Å². The van der Waals surface area contributed by atoms with Crippen LogP contribution in [0.5, 0.6) is 0 Å². The van der Waals surface area contributed by atoms with E-state index < -0.39 is 0 Å². The van der Waals surface area contributed by atoms with Gasteiger partial charge in [-0.2, -0.15) is 0 Å². The fourth-order valence-corrected chi connectivity index (χ4v) is 3.21. The Bertz CT molecular complexity index is 447. The largest absolute Gasteiger partial charge is 0.370 e. The van der Waals surface area contributed by atoms with Crippen molar-refractivity contribution < 1.29 is 0 Å². The van der Waals surface area contributed by atoms with Crippen molar-refractivity contribution in [3.05, 3.63) is 28.8 Å². The minimum atomic E-state index is 0.621. The molecule has 0 aromatic heterocycles. The van der Waals surface area contributed by atoms with E-state index in [1.807, 2.05) is 0 Å². The van der Waals surface area contributed by atoms with Gasteiger partial charge in [-0.3, -0.25) is 0 Å².